The largest absolute Gasteiger partial charge is 0.411 e. The van der Waals surface area contributed by atoms with Crippen LogP contribution in [-0.2, 0) is 0 Å². The summed E-state index contributed by atoms with van der Waals surface area (Å²) in [7, 11) is 0. The van der Waals surface area contributed by atoms with E-state index in [-0.39, 0.29) is 5.56 Å². The van der Waals surface area contributed by atoms with E-state index in [1.54, 1.807) is 18.4 Å². The lowest BCUT2D eigenvalue weighted by molar-refractivity contribution is 0.102. The Morgan fingerprint density at radius 2 is 2.21 bits per heavy atom. The van der Waals surface area contributed by atoms with E-state index in [1.807, 2.05) is 0 Å². The van der Waals surface area contributed by atoms with E-state index in [4.69, 9.17) is 5.21 Å². The van der Waals surface area contributed by atoms with E-state index >= 15 is 0 Å². The Morgan fingerprint density at radius 3 is 2.89 bits per heavy atom. The molecule has 0 saturated heterocycles. The molecule has 19 heavy (non-hydrogen) atoms. The van der Waals surface area contributed by atoms with Crippen molar-refractivity contribution < 1.29 is 14.4 Å². The van der Waals surface area contributed by atoms with Crippen LogP contribution in [-0.4, -0.2) is 21.8 Å². The molecule has 7 heteroatoms. The van der Waals surface area contributed by atoms with Gasteiger partial charge < -0.3 is 5.21 Å². The zero-order valence-corrected chi connectivity index (χ0v) is 10.7. The Kier molecular flexibility index (Phi) is 3.86. The topological polar surface area (TPSA) is 74.6 Å². The van der Waals surface area contributed by atoms with E-state index in [1.165, 1.54) is 18.2 Å². The second-order valence-electron chi connectivity index (χ2n) is 3.66. The normalized spacial score (nSPS) is 11.4. The third-order valence-electron chi connectivity index (χ3n) is 2.36. The molecule has 98 valence electrons. The minimum Gasteiger partial charge on any atom is -0.411 e. The van der Waals surface area contributed by atoms with Gasteiger partial charge in [-0.3, -0.25) is 10.1 Å². The average Bonchev–Trinajstić information content (AvgIpc) is 2.86. The smallest absolute Gasteiger partial charge is 0.260 e. The predicted molar refractivity (Wildman–Crippen MR) is 70.5 cm³/mol. The summed E-state index contributed by atoms with van der Waals surface area (Å²) in [6.07, 6.45) is 0. The number of oxime groups is 1. The molecule has 0 aliphatic carbocycles. The third kappa shape index (κ3) is 2.94. The van der Waals surface area contributed by atoms with Gasteiger partial charge in [-0.05, 0) is 19.1 Å². The number of nitrogens with one attached hydrogen (secondary N) is 1. The van der Waals surface area contributed by atoms with Gasteiger partial charge in [-0.15, -0.1) is 11.3 Å². The van der Waals surface area contributed by atoms with Gasteiger partial charge in [-0.2, -0.15) is 0 Å². The zero-order chi connectivity index (χ0) is 13.8. The maximum atomic E-state index is 13.4. The first-order valence-corrected chi connectivity index (χ1v) is 6.20. The first-order valence-electron chi connectivity index (χ1n) is 5.32. The fourth-order valence-electron chi connectivity index (χ4n) is 1.36. The number of amides is 1. The summed E-state index contributed by atoms with van der Waals surface area (Å²) in [4.78, 5) is 15.9. The number of halogens is 1. The van der Waals surface area contributed by atoms with Crippen molar-refractivity contribution in [2.75, 3.05) is 5.32 Å². The molecule has 2 rings (SSSR count). The Labute approximate surface area is 112 Å². The minimum atomic E-state index is -0.593. The van der Waals surface area contributed by atoms with E-state index in [9.17, 15) is 9.18 Å². The van der Waals surface area contributed by atoms with E-state index in [0.717, 1.165) is 11.3 Å². The summed E-state index contributed by atoms with van der Waals surface area (Å²) in [5.41, 5.74) is 0.741. The number of anilines is 1. The molecule has 0 atom stereocenters. The molecule has 0 saturated carbocycles. The number of thiazole rings is 1. The second kappa shape index (κ2) is 5.57. The van der Waals surface area contributed by atoms with Crippen LogP contribution in [0.3, 0.4) is 0 Å². The van der Waals surface area contributed by atoms with E-state index < -0.39 is 11.7 Å². The average molecular weight is 279 g/mol. The van der Waals surface area contributed by atoms with Crippen molar-refractivity contribution in [3.8, 4) is 0 Å². The van der Waals surface area contributed by atoms with Crippen LogP contribution in [0.5, 0.6) is 0 Å². The predicted octanol–water partition coefficient (Wildman–Crippen LogP) is 2.73. The molecule has 1 amide bonds. The fourth-order valence-corrected chi connectivity index (χ4v) is 2.11. The van der Waals surface area contributed by atoms with Crippen LogP contribution >= 0.6 is 11.3 Å². The molecule has 1 heterocycles. The molecule has 0 aliphatic heterocycles. The highest BCUT2D eigenvalue weighted by molar-refractivity contribution is 7.14. The number of aromatic nitrogens is 1. The summed E-state index contributed by atoms with van der Waals surface area (Å²) in [6, 6.07) is 5.69. The minimum absolute atomic E-state index is 0.0493. The van der Waals surface area contributed by atoms with Crippen LogP contribution in [0.15, 0.2) is 34.8 Å². The first-order chi connectivity index (χ1) is 9.11. The number of carbonyl (C=O) groups excluding carboxylic acids is 1. The van der Waals surface area contributed by atoms with Gasteiger partial charge in [0.2, 0.25) is 0 Å². The maximum Gasteiger partial charge on any atom is 0.260 e. The number of benzene rings is 1. The molecule has 5 nitrogen and oxygen atoms in total. The van der Waals surface area contributed by atoms with Gasteiger partial charge in [0.25, 0.3) is 5.91 Å². The summed E-state index contributed by atoms with van der Waals surface area (Å²) < 4.78 is 13.4. The highest BCUT2D eigenvalue weighted by Crippen LogP contribution is 2.17. The quantitative estimate of drug-likeness (QED) is 0.515. The van der Waals surface area contributed by atoms with Crippen LogP contribution < -0.4 is 5.32 Å². The summed E-state index contributed by atoms with van der Waals surface area (Å²) >= 11 is 1.16. The van der Waals surface area contributed by atoms with Crippen LogP contribution in [0.25, 0.3) is 0 Å². The van der Waals surface area contributed by atoms with Crippen molar-refractivity contribution in [3.05, 3.63) is 46.7 Å². The highest BCUT2D eigenvalue weighted by Gasteiger charge is 2.13. The molecule has 0 bridgehead atoms. The van der Waals surface area contributed by atoms with Crippen molar-refractivity contribution in [1.82, 2.24) is 4.98 Å². The molecule has 0 aliphatic rings. The summed E-state index contributed by atoms with van der Waals surface area (Å²) in [6.45, 7) is 1.58. The van der Waals surface area contributed by atoms with Gasteiger partial charge in [-0.1, -0.05) is 17.3 Å². The standard InChI is InChI=1S/C12H10FN3O2S/c1-7(16-18)10-6-19-12(14-10)15-11(17)8-4-2-3-5-9(8)13/h2-6,18H,1H3,(H,14,15,17). The maximum absolute atomic E-state index is 13.4. The Balaban J connectivity index is 2.16. The lowest BCUT2D eigenvalue weighted by Gasteiger charge is -2.02. The fraction of sp³-hybridized carbons (Fsp3) is 0.0833. The van der Waals surface area contributed by atoms with Crippen molar-refractivity contribution in [3.63, 3.8) is 0 Å². The van der Waals surface area contributed by atoms with Gasteiger partial charge in [0.15, 0.2) is 5.13 Å². The second-order valence-corrected chi connectivity index (χ2v) is 4.52. The van der Waals surface area contributed by atoms with Gasteiger partial charge in [0.05, 0.1) is 5.56 Å². The van der Waals surface area contributed by atoms with Crippen LogP contribution in [0.1, 0.15) is 23.0 Å². The molecule has 1 aromatic carbocycles. The van der Waals surface area contributed by atoms with Crippen LogP contribution in [0, 0.1) is 5.82 Å². The highest BCUT2D eigenvalue weighted by atomic mass is 32.1. The molecule has 0 spiro atoms. The monoisotopic (exact) mass is 279 g/mol. The molecule has 1 aromatic heterocycles. The lowest BCUT2D eigenvalue weighted by Crippen LogP contribution is -2.13. The Morgan fingerprint density at radius 1 is 1.47 bits per heavy atom. The van der Waals surface area contributed by atoms with Crippen molar-refractivity contribution in [2.24, 2.45) is 5.16 Å². The van der Waals surface area contributed by atoms with Gasteiger partial charge >= 0.3 is 0 Å². The number of nitrogens with zero attached hydrogens (tertiary/aromatic N) is 2. The van der Waals surface area contributed by atoms with E-state index in [2.05, 4.69) is 15.5 Å². The molecule has 2 N–H and O–H groups in total. The van der Waals surface area contributed by atoms with Crippen LogP contribution in [0.4, 0.5) is 9.52 Å². The zero-order valence-electron chi connectivity index (χ0n) is 9.92. The molecule has 2 aromatic rings. The number of carbonyl (C=O) groups is 1. The Hall–Kier alpha value is -2.28. The van der Waals surface area contributed by atoms with Gasteiger partial charge in [0.1, 0.15) is 17.2 Å². The van der Waals surface area contributed by atoms with Crippen LogP contribution in [0.2, 0.25) is 0 Å². The van der Waals surface area contributed by atoms with Gasteiger partial charge in [0, 0.05) is 5.38 Å². The SMILES string of the molecule is CC(=NO)c1csc(NC(=O)c2ccccc2F)n1. The number of hydrogen-bond acceptors (Lipinski definition) is 5. The molecular formula is C12H10FN3O2S. The van der Waals surface area contributed by atoms with E-state index in [0.29, 0.717) is 16.5 Å². The lowest BCUT2D eigenvalue weighted by atomic mass is 10.2. The number of rotatable bonds is 3. The first kappa shape index (κ1) is 13.2. The number of hydrogen-bond donors (Lipinski definition) is 2. The third-order valence-corrected chi connectivity index (χ3v) is 3.12. The molecule has 0 unspecified atom stereocenters. The molecule has 0 fully saturated rings. The van der Waals surface area contributed by atoms with Crippen molar-refractivity contribution >= 4 is 28.1 Å². The molecule has 0 radical (unpaired) electrons. The van der Waals surface area contributed by atoms with Gasteiger partial charge in [-0.25, -0.2) is 9.37 Å². The summed E-state index contributed by atoms with van der Waals surface area (Å²) in [5.74, 6) is -1.16. The Bertz CT molecular complexity index is 639. The summed E-state index contributed by atoms with van der Waals surface area (Å²) in [5, 5.41) is 16.1. The van der Waals surface area contributed by atoms with Crippen molar-refractivity contribution in [1.29, 1.82) is 0 Å². The molecular weight excluding hydrogens is 269 g/mol. The van der Waals surface area contributed by atoms with Crippen molar-refractivity contribution in [2.45, 2.75) is 6.92 Å².